The summed E-state index contributed by atoms with van der Waals surface area (Å²) in [5.74, 6) is 0. The van der Waals surface area contributed by atoms with E-state index in [0.29, 0.717) is 11.4 Å². The van der Waals surface area contributed by atoms with Gasteiger partial charge in [0.25, 0.3) is 0 Å². The highest BCUT2D eigenvalue weighted by atomic mass is 32.2. The summed E-state index contributed by atoms with van der Waals surface area (Å²) in [6.45, 7) is 8.71. The minimum absolute atomic E-state index is 0.0829. The van der Waals surface area contributed by atoms with Crippen LogP contribution in [0.5, 0.6) is 0 Å². The number of aromatic nitrogens is 1. The Morgan fingerprint density at radius 2 is 1.95 bits per heavy atom. The van der Waals surface area contributed by atoms with E-state index >= 15 is 0 Å². The molecule has 1 heterocycles. The fraction of sp³-hybridized carbons (Fsp3) is 0.714. The van der Waals surface area contributed by atoms with E-state index < -0.39 is 10.0 Å². The summed E-state index contributed by atoms with van der Waals surface area (Å²) in [6, 6.07) is 1.65. The molecule has 1 unspecified atom stereocenters. The number of hydrogen-bond acceptors (Lipinski definition) is 3. The lowest BCUT2D eigenvalue weighted by Gasteiger charge is -2.34. The van der Waals surface area contributed by atoms with Crippen LogP contribution in [-0.4, -0.2) is 37.4 Å². The molecule has 5 nitrogen and oxygen atoms in total. The van der Waals surface area contributed by atoms with Crippen molar-refractivity contribution < 1.29 is 8.42 Å². The van der Waals surface area contributed by atoms with Crippen LogP contribution in [0, 0.1) is 5.41 Å². The number of hydrogen-bond donors (Lipinski definition) is 1. The van der Waals surface area contributed by atoms with Crippen LogP contribution >= 0.6 is 0 Å². The van der Waals surface area contributed by atoms with E-state index in [-0.39, 0.29) is 11.5 Å². The average molecular weight is 301 g/mol. The van der Waals surface area contributed by atoms with Crippen LogP contribution in [-0.2, 0) is 23.6 Å². The first-order valence-corrected chi connectivity index (χ1v) is 8.23. The predicted octanol–water partition coefficient (Wildman–Crippen LogP) is 1.80. The normalized spacial score (nSPS) is 14.8. The van der Waals surface area contributed by atoms with E-state index in [1.165, 1.54) is 4.31 Å². The highest BCUT2D eigenvalue weighted by Gasteiger charge is 2.33. The first-order chi connectivity index (χ1) is 9.01. The van der Waals surface area contributed by atoms with Crippen molar-refractivity contribution in [3.8, 4) is 0 Å². The van der Waals surface area contributed by atoms with Gasteiger partial charge in [0.05, 0.1) is 0 Å². The quantitative estimate of drug-likeness (QED) is 0.902. The number of nitrogens with one attached hydrogen (secondary N) is 1. The molecule has 1 rings (SSSR count). The molecule has 1 N–H and O–H groups in total. The van der Waals surface area contributed by atoms with Gasteiger partial charge in [-0.05, 0) is 25.5 Å². The molecule has 1 aromatic heterocycles. The Morgan fingerprint density at radius 1 is 1.40 bits per heavy atom. The number of aryl methyl sites for hydroxylation is 1. The molecule has 0 aliphatic carbocycles. The second-order valence-electron chi connectivity index (χ2n) is 6.37. The Hall–Kier alpha value is -0.850. The summed E-state index contributed by atoms with van der Waals surface area (Å²) in [5, 5.41) is 3.04. The molecule has 0 aromatic carbocycles. The van der Waals surface area contributed by atoms with Gasteiger partial charge in [-0.15, -0.1) is 0 Å². The van der Waals surface area contributed by atoms with Gasteiger partial charge in [-0.2, -0.15) is 4.31 Å². The van der Waals surface area contributed by atoms with Gasteiger partial charge >= 0.3 is 0 Å². The highest BCUT2D eigenvalue weighted by Crippen LogP contribution is 2.28. The molecular weight excluding hydrogens is 274 g/mol. The zero-order valence-corrected chi connectivity index (χ0v) is 14.4. The summed E-state index contributed by atoms with van der Waals surface area (Å²) >= 11 is 0. The zero-order valence-electron chi connectivity index (χ0n) is 13.6. The molecule has 0 fully saturated rings. The van der Waals surface area contributed by atoms with E-state index in [9.17, 15) is 8.42 Å². The molecule has 1 atom stereocenters. The Bertz CT molecular complexity index is 555. The minimum Gasteiger partial charge on any atom is -0.352 e. The van der Waals surface area contributed by atoms with Crippen molar-refractivity contribution in [3.63, 3.8) is 0 Å². The van der Waals surface area contributed by atoms with Crippen molar-refractivity contribution in [2.45, 2.75) is 45.2 Å². The topological polar surface area (TPSA) is 54.3 Å². The second kappa shape index (κ2) is 5.87. The number of nitrogens with zero attached hydrogens (tertiary/aromatic N) is 2. The maximum atomic E-state index is 12.7. The van der Waals surface area contributed by atoms with E-state index in [1.54, 1.807) is 19.3 Å². The summed E-state index contributed by atoms with van der Waals surface area (Å²) in [4.78, 5) is 0.351. The maximum absolute atomic E-state index is 12.7. The van der Waals surface area contributed by atoms with Gasteiger partial charge in [-0.1, -0.05) is 20.8 Å². The lowest BCUT2D eigenvalue weighted by molar-refractivity contribution is 0.216. The van der Waals surface area contributed by atoms with E-state index in [4.69, 9.17) is 0 Å². The van der Waals surface area contributed by atoms with E-state index in [1.807, 2.05) is 46.4 Å². The van der Waals surface area contributed by atoms with Gasteiger partial charge in [0.1, 0.15) is 4.90 Å². The molecule has 0 saturated heterocycles. The molecule has 116 valence electrons. The standard InChI is InChI=1S/C14H27N3O2S/c1-11(14(2,3)4)17(7)20(18,19)13-8-12(9-15-5)16(6)10-13/h8,10-11,15H,9H2,1-7H3. The fourth-order valence-electron chi connectivity index (χ4n) is 1.99. The molecule has 0 saturated carbocycles. The van der Waals surface area contributed by atoms with Crippen LogP contribution in [0.25, 0.3) is 0 Å². The van der Waals surface area contributed by atoms with Gasteiger partial charge in [0, 0.05) is 38.6 Å². The molecule has 0 amide bonds. The molecule has 1 aromatic rings. The Balaban J connectivity index is 3.14. The van der Waals surface area contributed by atoms with Gasteiger partial charge in [0.15, 0.2) is 0 Å². The minimum atomic E-state index is -3.46. The summed E-state index contributed by atoms with van der Waals surface area (Å²) < 4.78 is 28.7. The van der Waals surface area contributed by atoms with Crippen LogP contribution < -0.4 is 5.32 Å². The third-order valence-electron chi connectivity index (χ3n) is 3.92. The third-order valence-corrected chi connectivity index (χ3v) is 5.81. The lowest BCUT2D eigenvalue weighted by atomic mass is 9.88. The Morgan fingerprint density at radius 3 is 2.40 bits per heavy atom. The largest absolute Gasteiger partial charge is 0.352 e. The smallest absolute Gasteiger partial charge is 0.244 e. The molecule has 20 heavy (non-hydrogen) atoms. The molecule has 6 heteroatoms. The molecule has 0 aliphatic rings. The first-order valence-electron chi connectivity index (χ1n) is 6.79. The van der Waals surface area contributed by atoms with Crippen LogP contribution in [0.15, 0.2) is 17.2 Å². The zero-order chi connectivity index (χ0) is 15.7. The van der Waals surface area contributed by atoms with Crippen molar-refractivity contribution >= 4 is 10.0 Å². The van der Waals surface area contributed by atoms with Crippen molar-refractivity contribution in [2.75, 3.05) is 14.1 Å². The Kier molecular flexibility index (Phi) is 5.05. The molecule has 0 radical (unpaired) electrons. The summed E-state index contributed by atoms with van der Waals surface area (Å²) in [6.07, 6.45) is 1.67. The van der Waals surface area contributed by atoms with E-state index in [2.05, 4.69) is 5.32 Å². The molecule has 0 aliphatic heterocycles. The van der Waals surface area contributed by atoms with Gasteiger partial charge in [0.2, 0.25) is 10.0 Å². The van der Waals surface area contributed by atoms with Crippen LogP contribution in [0.1, 0.15) is 33.4 Å². The van der Waals surface area contributed by atoms with Crippen molar-refractivity contribution in [3.05, 3.63) is 18.0 Å². The summed E-state index contributed by atoms with van der Waals surface area (Å²) in [5.41, 5.74) is 0.840. The number of sulfonamides is 1. The number of rotatable bonds is 5. The Labute approximate surface area is 123 Å². The highest BCUT2D eigenvalue weighted by molar-refractivity contribution is 7.89. The van der Waals surface area contributed by atoms with Crippen molar-refractivity contribution in [1.29, 1.82) is 0 Å². The van der Waals surface area contributed by atoms with Gasteiger partial charge in [-0.25, -0.2) is 8.42 Å². The van der Waals surface area contributed by atoms with E-state index in [0.717, 1.165) is 5.69 Å². The van der Waals surface area contributed by atoms with Crippen LogP contribution in [0.2, 0.25) is 0 Å². The maximum Gasteiger partial charge on any atom is 0.244 e. The first kappa shape index (κ1) is 17.2. The van der Waals surface area contributed by atoms with Crippen LogP contribution in [0.3, 0.4) is 0 Å². The van der Waals surface area contributed by atoms with Gasteiger partial charge < -0.3 is 9.88 Å². The van der Waals surface area contributed by atoms with Crippen LogP contribution in [0.4, 0.5) is 0 Å². The molecule has 0 bridgehead atoms. The van der Waals surface area contributed by atoms with Crippen molar-refractivity contribution in [2.24, 2.45) is 12.5 Å². The second-order valence-corrected chi connectivity index (χ2v) is 8.37. The van der Waals surface area contributed by atoms with Gasteiger partial charge in [-0.3, -0.25) is 0 Å². The SMILES string of the molecule is CNCc1cc(S(=O)(=O)N(C)C(C)C(C)(C)C)cn1C. The average Bonchev–Trinajstić information content (AvgIpc) is 2.69. The predicted molar refractivity (Wildman–Crippen MR) is 82.0 cm³/mol. The summed E-state index contributed by atoms with van der Waals surface area (Å²) in [7, 11) is 1.89. The monoisotopic (exact) mass is 301 g/mol. The van der Waals surface area contributed by atoms with Crippen molar-refractivity contribution in [1.82, 2.24) is 14.2 Å². The molecular formula is C14H27N3O2S. The fourth-order valence-corrected chi connectivity index (χ4v) is 3.64. The molecule has 0 spiro atoms. The third kappa shape index (κ3) is 3.42. The lowest BCUT2D eigenvalue weighted by Crippen LogP contribution is -2.42.